The van der Waals surface area contributed by atoms with Gasteiger partial charge in [-0.15, -0.1) is 0 Å². The molecule has 7 nitrogen and oxygen atoms in total. The first-order valence-electron chi connectivity index (χ1n) is 8.98. The van der Waals surface area contributed by atoms with E-state index in [-0.39, 0.29) is 30.7 Å². The van der Waals surface area contributed by atoms with Gasteiger partial charge in [-0.25, -0.2) is 4.79 Å². The highest BCUT2D eigenvalue weighted by atomic mass is 79.9. The maximum atomic E-state index is 12.6. The van der Waals surface area contributed by atoms with Crippen molar-refractivity contribution < 1.29 is 14.3 Å². The largest absolute Gasteiger partial charge is 0.462 e. The molecular weight excluding hydrogens is 412 g/mol. The topological polar surface area (TPSA) is 76.5 Å². The SMILES string of the molecule is CCOC(=O)c1cnn(C)c1NC(=O)CN1CCCC1c1cccc(Br)c1. The molecule has 1 aromatic carbocycles. The molecule has 0 spiro atoms. The minimum atomic E-state index is -0.492. The number of esters is 1. The van der Waals surface area contributed by atoms with Crippen molar-refractivity contribution in [2.24, 2.45) is 7.05 Å². The molecule has 1 aromatic heterocycles. The number of carbonyl (C=O) groups excluding carboxylic acids is 2. The quantitative estimate of drug-likeness (QED) is 0.706. The molecule has 0 bridgehead atoms. The van der Waals surface area contributed by atoms with Gasteiger partial charge >= 0.3 is 5.97 Å². The molecule has 1 N–H and O–H groups in total. The van der Waals surface area contributed by atoms with Gasteiger partial charge in [0.15, 0.2) is 0 Å². The summed E-state index contributed by atoms with van der Waals surface area (Å²) in [6, 6.07) is 8.41. The summed E-state index contributed by atoms with van der Waals surface area (Å²) in [5.74, 6) is -0.309. The molecule has 1 fully saturated rings. The Balaban J connectivity index is 1.69. The minimum absolute atomic E-state index is 0.175. The highest BCUT2D eigenvalue weighted by molar-refractivity contribution is 9.10. The monoisotopic (exact) mass is 434 g/mol. The van der Waals surface area contributed by atoms with Gasteiger partial charge in [-0.05, 0) is 44.0 Å². The van der Waals surface area contributed by atoms with Crippen LogP contribution >= 0.6 is 15.9 Å². The number of aryl methyl sites for hydroxylation is 1. The predicted molar refractivity (Wildman–Crippen MR) is 105 cm³/mol. The van der Waals surface area contributed by atoms with Crippen molar-refractivity contribution in [3.05, 3.63) is 46.1 Å². The van der Waals surface area contributed by atoms with E-state index < -0.39 is 5.97 Å². The number of rotatable bonds is 6. The molecule has 8 heteroatoms. The highest BCUT2D eigenvalue weighted by Crippen LogP contribution is 2.32. The Bertz CT molecular complexity index is 836. The Hall–Kier alpha value is -2.19. The summed E-state index contributed by atoms with van der Waals surface area (Å²) in [7, 11) is 1.68. The van der Waals surface area contributed by atoms with Crippen LogP contribution in [0.25, 0.3) is 0 Å². The van der Waals surface area contributed by atoms with Gasteiger partial charge in [-0.1, -0.05) is 28.1 Å². The second-order valence-corrected chi connectivity index (χ2v) is 7.40. The molecule has 27 heavy (non-hydrogen) atoms. The standard InChI is InChI=1S/C19H23BrN4O3/c1-3-27-19(26)15-11-21-23(2)18(15)22-17(25)12-24-9-5-8-16(24)13-6-4-7-14(20)10-13/h4,6-7,10-11,16H,3,5,8-9,12H2,1-2H3,(H,22,25). The van der Waals surface area contributed by atoms with E-state index in [0.29, 0.717) is 5.82 Å². The van der Waals surface area contributed by atoms with Crippen molar-refractivity contribution in [3.8, 4) is 0 Å². The minimum Gasteiger partial charge on any atom is -0.462 e. The summed E-state index contributed by atoms with van der Waals surface area (Å²) in [5.41, 5.74) is 1.46. The molecule has 1 aliphatic heterocycles. The number of anilines is 1. The van der Waals surface area contributed by atoms with Crippen molar-refractivity contribution >= 4 is 33.6 Å². The van der Waals surface area contributed by atoms with Crippen LogP contribution in [0.3, 0.4) is 0 Å². The first kappa shape index (κ1) is 19.6. The van der Waals surface area contributed by atoms with Gasteiger partial charge < -0.3 is 10.1 Å². The number of aromatic nitrogens is 2. The summed E-state index contributed by atoms with van der Waals surface area (Å²) < 4.78 is 7.53. The molecule has 144 valence electrons. The summed E-state index contributed by atoms with van der Waals surface area (Å²) >= 11 is 3.51. The Kier molecular flexibility index (Phi) is 6.28. The molecule has 1 atom stereocenters. The summed E-state index contributed by atoms with van der Waals surface area (Å²) in [5, 5.41) is 6.88. The Morgan fingerprint density at radius 1 is 1.41 bits per heavy atom. The van der Waals surface area contributed by atoms with Crippen LogP contribution in [-0.4, -0.2) is 46.3 Å². The predicted octanol–water partition coefficient (Wildman–Crippen LogP) is 3.13. The van der Waals surface area contributed by atoms with Crippen molar-refractivity contribution in [2.75, 3.05) is 25.0 Å². The maximum Gasteiger partial charge on any atom is 0.343 e. The number of likely N-dealkylation sites (tertiary alicyclic amines) is 1. The third-order valence-electron chi connectivity index (χ3n) is 4.64. The molecule has 1 aliphatic rings. The van der Waals surface area contributed by atoms with Gasteiger partial charge in [0.05, 0.1) is 19.3 Å². The van der Waals surface area contributed by atoms with Crippen molar-refractivity contribution in [3.63, 3.8) is 0 Å². The fourth-order valence-corrected chi connectivity index (χ4v) is 3.82. The zero-order valence-electron chi connectivity index (χ0n) is 15.4. The second-order valence-electron chi connectivity index (χ2n) is 6.48. The summed E-state index contributed by atoms with van der Waals surface area (Å²) in [6.45, 7) is 3.12. The van der Waals surface area contributed by atoms with Crippen LogP contribution < -0.4 is 5.32 Å². The van der Waals surface area contributed by atoms with Gasteiger partial charge in [0.2, 0.25) is 5.91 Å². The molecular formula is C19H23BrN4O3. The Labute approximate surface area is 166 Å². The number of halogens is 1. The lowest BCUT2D eigenvalue weighted by atomic mass is 10.0. The third kappa shape index (κ3) is 4.56. The first-order chi connectivity index (χ1) is 13.0. The van der Waals surface area contributed by atoms with Crippen LogP contribution in [0, 0.1) is 0 Å². The lowest BCUT2D eigenvalue weighted by molar-refractivity contribution is -0.117. The fourth-order valence-electron chi connectivity index (χ4n) is 3.41. The van der Waals surface area contributed by atoms with E-state index in [1.165, 1.54) is 16.4 Å². The van der Waals surface area contributed by atoms with Crippen LogP contribution in [-0.2, 0) is 16.6 Å². The summed E-state index contributed by atoms with van der Waals surface area (Å²) in [6.07, 6.45) is 3.47. The van der Waals surface area contributed by atoms with E-state index in [0.717, 1.165) is 23.9 Å². The number of hydrogen-bond donors (Lipinski definition) is 1. The Morgan fingerprint density at radius 3 is 2.96 bits per heavy atom. The van der Waals surface area contributed by atoms with Gasteiger partial charge in [-0.2, -0.15) is 5.10 Å². The smallest absolute Gasteiger partial charge is 0.343 e. The highest BCUT2D eigenvalue weighted by Gasteiger charge is 2.28. The van der Waals surface area contributed by atoms with E-state index in [4.69, 9.17) is 4.74 Å². The third-order valence-corrected chi connectivity index (χ3v) is 5.13. The average Bonchev–Trinajstić information content (AvgIpc) is 3.22. The van der Waals surface area contributed by atoms with E-state index in [9.17, 15) is 9.59 Å². The van der Waals surface area contributed by atoms with Crippen LogP contribution in [0.4, 0.5) is 5.82 Å². The number of nitrogens with zero attached hydrogens (tertiary/aromatic N) is 3. The molecule has 1 amide bonds. The molecule has 2 aromatic rings. The average molecular weight is 435 g/mol. The molecule has 0 aliphatic carbocycles. The van der Waals surface area contributed by atoms with Gasteiger partial charge in [0.25, 0.3) is 0 Å². The first-order valence-corrected chi connectivity index (χ1v) is 9.77. The zero-order valence-corrected chi connectivity index (χ0v) is 17.0. The van der Waals surface area contributed by atoms with E-state index in [2.05, 4.69) is 43.4 Å². The van der Waals surface area contributed by atoms with Gasteiger partial charge in [0.1, 0.15) is 11.4 Å². The van der Waals surface area contributed by atoms with Crippen molar-refractivity contribution in [1.29, 1.82) is 0 Å². The Morgan fingerprint density at radius 2 is 2.22 bits per heavy atom. The summed E-state index contributed by atoms with van der Waals surface area (Å²) in [4.78, 5) is 26.8. The normalized spacial score (nSPS) is 17.1. The number of amides is 1. The number of nitrogens with one attached hydrogen (secondary N) is 1. The molecule has 1 saturated heterocycles. The number of benzene rings is 1. The number of ether oxygens (including phenoxy) is 1. The number of hydrogen-bond acceptors (Lipinski definition) is 5. The van der Waals surface area contributed by atoms with E-state index >= 15 is 0 Å². The van der Waals surface area contributed by atoms with Crippen molar-refractivity contribution in [1.82, 2.24) is 14.7 Å². The van der Waals surface area contributed by atoms with E-state index in [1.54, 1.807) is 14.0 Å². The fraction of sp³-hybridized carbons (Fsp3) is 0.421. The van der Waals surface area contributed by atoms with Crippen LogP contribution in [0.2, 0.25) is 0 Å². The van der Waals surface area contributed by atoms with Gasteiger partial charge in [0, 0.05) is 17.6 Å². The second kappa shape index (κ2) is 8.67. The lowest BCUT2D eigenvalue weighted by Crippen LogP contribution is -2.33. The van der Waals surface area contributed by atoms with E-state index in [1.807, 2.05) is 12.1 Å². The van der Waals surface area contributed by atoms with Gasteiger partial charge in [-0.3, -0.25) is 14.4 Å². The van der Waals surface area contributed by atoms with Crippen LogP contribution in [0.5, 0.6) is 0 Å². The molecule has 3 rings (SSSR count). The van der Waals surface area contributed by atoms with Crippen molar-refractivity contribution in [2.45, 2.75) is 25.8 Å². The molecule has 1 unspecified atom stereocenters. The van der Waals surface area contributed by atoms with Crippen LogP contribution in [0.1, 0.15) is 41.7 Å². The molecule has 0 saturated carbocycles. The molecule has 2 heterocycles. The zero-order chi connectivity index (χ0) is 19.4. The number of carbonyl (C=O) groups is 2. The van der Waals surface area contributed by atoms with Crippen LogP contribution in [0.15, 0.2) is 34.9 Å². The molecule has 0 radical (unpaired) electrons. The lowest BCUT2D eigenvalue weighted by Gasteiger charge is -2.24. The maximum absolute atomic E-state index is 12.6.